The average Bonchev–Trinajstić information content (AvgIpc) is 2.98. The summed E-state index contributed by atoms with van der Waals surface area (Å²) in [5.74, 6) is -0.419. The number of anilines is 1. The first-order valence-electron chi connectivity index (χ1n) is 9.13. The van der Waals surface area contributed by atoms with E-state index in [1.807, 2.05) is 6.92 Å². The van der Waals surface area contributed by atoms with Crippen molar-refractivity contribution in [2.24, 2.45) is 0 Å². The molecule has 3 aromatic rings. The van der Waals surface area contributed by atoms with Gasteiger partial charge in [0.1, 0.15) is 0 Å². The first-order valence-corrected chi connectivity index (χ1v) is 11.6. The summed E-state index contributed by atoms with van der Waals surface area (Å²) in [6, 6.07) is 20.2. The number of amides is 2. The molecule has 0 radical (unpaired) electrons. The maximum atomic E-state index is 12.5. The second kappa shape index (κ2) is 7.97. The van der Waals surface area contributed by atoms with Gasteiger partial charge in [-0.2, -0.15) is 0 Å². The summed E-state index contributed by atoms with van der Waals surface area (Å²) < 4.78 is 27.5. The lowest BCUT2D eigenvalue weighted by Gasteiger charge is -2.13. The minimum absolute atomic E-state index is 0.181. The number of imide groups is 1. The van der Waals surface area contributed by atoms with Crippen molar-refractivity contribution in [3.8, 4) is 0 Å². The molecule has 0 saturated heterocycles. The third-order valence-electron chi connectivity index (χ3n) is 4.68. The Morgan fingerprint density at radius 2 is 1.40 bits per heavy atom. The summed E-state index contributed by atoms with van der Waals surface area (Å²) in [6.45, 7) is 1.89. The van der Waals surface area contributed by atoms with Crippen LogP contribution in [-0.2, 0) is 10.0 Å². The number of nitrogens with one attached hydrogen (secondary N) is 1. The maximum absolute atomic E-state index is 12.5. The molecule has 4 rings (SSSR count). The molecule has 0 bridgehead atoms. The predicted molar refractivity (Wildman–Crippen MR) is 116 cm³/mol. The Morgan fingerprint density at radius 1 is 0.833 bits per heavy atom. The van der Waals surface area contributed by atoms with Crippen LogP contribution >= 0.6 is 11.8 Å². The van der Waals surface area contributed by atoms with Crippen molar-refractivity contribution in [3.05, 3.63) is 89.5 Å². The van der Waals surface area contributed by atoms with Gasteiger partial charge in [-0.3, -0.25) is 19.2 Å². The third-order valence-corrected chi connectivity index (χ3v) is 7.07. The van der Waals surface area contributed by atoms with Crippen LogP contribution in [0.1, 0.15) is 26.3 Å². The number of aryl methyl sites for hydroxylation is 1. The number of hydrogen-bond acceptors (Lipinski definition) is 5. The number of carbonyl (C=O) groups is 2. The van der Waals surface area contributed by atoms with Crippen LogP contribution in [0.15, 0.2) is 82.6 Å². The molecule has 2 amide bonds. The molecule has 3 aromatic carbocycles. The standard InChI is InChI=1S/C22H18N2O4S2/c1-15-6-12-18(13-7-15)30(27,28)23-16-8-10-17(11-9-16)29-14-24-21(25)19-4-2-3-5-20(19)22(24)26/h2-13,23H,14H2,1H3. The third kappa shape index (κ3) is 3.96. The second-order valence-electron chi connectivity index (χ2n) is 6.80. The highest BCUT2D eigenvalue weighted by Gasteiger charge is 2.34. The molecule has 0 fully saturated rings. The fraction of sp³-hybridized carbons (Fsp3) is 0.0909. The van der Waals surface area contributed by atoms with Crippen LogP contribution in [0.2, 0.25) is 0 Å². The smallest absolute Gasteiger partial charge is 0.262 e. The van der Waals surface area contributed by atoms with Gasteiger partial charge in [0.05, 0.1) is 21.9 Å². The van der Waals surface area contributed by atoms with E-state index in [4.69, 9.17) is 0 Å². The van der Waals surface area contributed by atoms with Gasteiger partial charge < -0.3 is 0 Å². The quantitative estimate of drug-likeness (QED) is 0.462. The van der Waals surface area contributed by atoms with Gasteiger partial charge in [0.25, 0.3) is 21.8 Å². The van der Waals surface area contributed by atoms with E-state index in [0.717, 1.165) is 10.5 Å². The molecule has 0 atom stereocenters. The van der Waals surface area contributed by atoms with Gasteiger partial charge in [-0.25, -0.2) is 8.42 Å². The Labute approximate surface area is 179 Å². The zero-order valence-electron chi connectivity index (χ0n) is 16.0. The highest BCUT2D eigenvalue weighted by atomic mass is 32.2. The van der Waals surface area contributed by atoms with Crippen molar-refractivity contribution in [2.45, 2.75) is 16.7 Å². The van der Waals surface area contributed by atoms with Crippen molar-refractivity contribution in [3.63, 3.8) is 0 Å². The summed E-state index contributed by atoms with van der Waals surface area (Å²) >= 11 is 1.33. The number of thioether (sulfide) groups is 1. The van der Waals surface area contributed by atoms with E-state index in [0.29, 0.717) is 16.8 Å². The van der Waals surface area contributed by atoms with Crippen molar-refractivity contribution in [1.82, 2.24) is 4.90 Å². The van der Waals surface area contributed by atoms with Gasteiger partial charge in [-0.1, -0.05) is 29.8 Å². The van der Waals surface area contributed by atoms with Crippen LogP contribution in [0, 0.1) is 6.92 Å². The lowest BCUT2D eigenvalue weighted by atomic mass is 10.1. The van der Waals surface area contributed by atoms with Crippen molar-refractivity contribution in [2.75, 3.05) is 10.6 Å². The van der Waals surface area contributed by atoms with Gasteiger partial charge in [-0.05, 0) is 55.5 Å². The first kappa shape index (κ1) is 20.2. The summed E-state index contributed by atoms with van der Waals surface area (Å²) in [7, 11) is -3.67. The molecule has 0 spiro atoms. The number of sulfonamides is 1. The van der Waals surface area contributed by atoms with E-state index >= 15 is 0 Å². The second-order valence-corrected chi connectivity index (χ2v) is 9.50. The van der Waals surface area contributed by atoms with Crippen molar-refractivity contribution in [1.29, 1.82) is 0 Å². The van der Waals surface area contributed by atoms with Crippen LogP contribution in [0.25, 0.3) is 0 Å². The normalized spacial score (nSPS) is 13.4. The molecule has 30 heavy (non-hydrogen) atoms. The highest BCUT2D eigenvalue weighted by molar-refractivity contribution is 7.99. The average molecular weight is 439 g/mol. The van der Waals surface area contributed by atoms with Crippen LogP contribution in [0.5, 0.6) is 0 Å². The van der Waals surface area contributed by atoms with Gasteiger partial charge >= 0.3 is 0 Å². The Balaban J connectivity index is 1.40. The van der Waals surface area contributed by atoms with Crippen molar-refractivity contribution < 1.29 is 18.0 Å². The van der Waals surface area contributed by atoms with E-state index in [2.05, 4.69) is 4.72 Å². The summed E-state index contributed by atoms with van der Waals surface area (Å²) in [5.41, 5.74) is 2.25. The Morgan fingerprint density at radius 3 is 1.97 bits per heavy atom. The van der Waals surface area contributed by atoms with E-state index < -0.39 is 10.0 Å². The molecule has 0 saturated carbocycles. The van der Waals surface area contributed by atoms with E-state index in [-0.39, 0.29) is 22.6 Å². The fourth-order valence-electron chi connectivity index (χ4n) is 3.05. The molecule has 0 aromatic heterocycles. The monoisotopic (exact) mass is 438 g/mol. The molecule has 1 heterocycles. The molecular formula is C22H18N2O4S2. The van der Waals surface area contributed by atoms with Crippen LogP contribution in [-0.4, -0.2) is 31.0 Å². The molecule has 6 nitrogen and oxygen atoms in total. The molecular weight excluding hydrogens is 420 g/mol. The fourth-order valence-corrected chi connectivity index (χ4v) is 4.95. The number of fused-ring (bicyclic) bond motifs is 1. The van der Waals surface area contributed by atoms with E-state index in [9.17, 15) is 18.0 Å². The molecule has 1 N–H and O–H groups in total. The summed E-state index contributed by atoms with van der Waals surface area (Å²) in [6.07, 6.45) is 0. The van der Waals surface area contributed by atoms with Gasteiger partial charge in [-0.15, -0.1) is 11.8 Å². The van der Waals surface area contributed by atoms with Gasteiger partial charge in [0, 0.05) is 10.6 Å². The van der Waals surface area contributed by atoms with E-state index in [1.54, 1.807) is 72.8 Å². The molecule has 1 aliphatic rings. The topological polar surface area (TPSA) is 83.6 Å². The molecule has 0 unspecified atom stereocenters. The number of rotatable bonds is 6. The minimum Gasteiger partial charge on any atom is -0.280 e. The largest absolute Gasteiger partial charge is 0.280 e. The van der Waals surface area contributed by atoms with Crippen LogP contribution in [0.3, 0.4) is 0 Å². The van der Waals surface area contributed by atoms with Crippen molar-refractivity contribution >= 4 is 39.3 Å². The van der Waals surface area contributed by atoms with Crippen LogP contribution < -0.4 is 4.72 Å². The first-order chi connectivity index (χ1) is 14.3. The van der Waals surface area contributed by atoms with Gasteiger partial charge in [0.2, 0.25) is 0 Å². The molecule has 1 aliphatic heterocycles. The zero-order valence-corrected chi connectivity index (χ0v) is 17.7. The Bertz CT molecular complexity index is 1190. The lowest BCUT2D eigenvalue weighted by molar-refractivity contribution is 0.0684. The van der Waals surface area contributed by atoms with Gasteiger partial charge in [0.15, 0.2) is 0 Å². The Kier molecular flexibility index (Phi) is 5.36. The minimum atomic E-state index is -3.67. The predicted octanol–water partition coefficient (Wildman–Crippen LogP) is 4.14. The SMILES string of the molecule is Cc1ccc(S(=O)(=O)Nc2ccc(SCN3C(=O)c4ccccc4C3=O)cc2)cc1. The number of benzene rings is 3. The zero-order chi connectivity index (χ0) is 21.3. The number of carbonyl (C=O) groups excluding carboxylic acids is 2. The maximum Gasteiger partial charge on any atom is 0.262 e. The number of nitrogens with zero attached hydrogens (tertiary/aromatic N) is 1. The highest BCUT2D eigenvalue weighted by Crippen LogP contribution is 2.28. The van der Waals surface area contributed by atoms with E-state index in [1.165, 1.54) is 16.7 Å². The molecule has 152 valence electrons. The summed E-state index contributed by atoms with van der Waals surface area (Å²) in [5, 5.41) is 0. The summed E-state index contributed by atoms with van der Waals surface area (Å²) in [4.78, 5) is 27.0. The molecule has 0 aliphatic carbocycles. The Hall–Kier alpha value is -3.10. The number of hydrogen-bond donors (Lipinski definition) is 1. The lowest BCUT2D eigenvalue weighted by Crippen LogP contribution is -2.29. The van der Waals surface area contributed by atoms with Crippen LogP contribution in [0.4, 0.5) is 5.69 Å². The molecule has 8 heteroatoms.